The lowest BCUT2D eigenvalue weighted by Crippen LogP contribution is -2.50. The fraction of sp³-hybridized carbons (Fsp3) is 0.312. The minimum atomic E-state index is 0.00124. The van der Waals surface area contributed by atoms with Crippen LogP contribution in [-0.2, 0) is 0 Å². The maximum Gasteiger partial charge on any atom is 0.322 e. The first-order valence-electron chi connectivity index (χ1n) is 7.13. The van der Waals surface area contributed by atoms with Crippen molar-refractivity contribution in [2.24, 2.45) is 0 Å². The molecule has 21 heavy (non-hydrogen) atoms. The summed E-state index contributed by atoms with van der Waals surface area (Å²) in [6, 6.07) is 12.4. The molecule has 2 heterocycles. The minimum absolute atomic E-state index is 0.00124. The Balaban J connectivity index is 1.56. The molecule has 0 atom stereocenters. The van der Waals surface area contributed by atoms with Gasteiger partial charge in [0.05, 0.1) is 5.00 Å². The Kier molecular flexibility index (Phi) is 4.10. The Morgan fingerprint density at radius 1 is 1.14 bits per heavy atom. The van der Waals surface area contributed by atoms with Gasteiger partial charge in [-0.2, -0.15) is 0 Å². The average molecular weight is 301 g/mol. The van der Waals surface area contributed by atoms with Gasteiger partial charge in [0.25, 0.3) is 0 Å². The van der Waals surface area contributed by atoms with Crippen molar-refractivity contribution in [1.82, 2.24) is 4.90 Å². The number of thiophene rings is 1. The van der Waals surface area contributed by atoms with Crippen molar-refractivity contribution in [1.29, 1.82) is 0 Å². The van der Waals surface area contributed by atoms with Crippen molar-refractivity contribution in [2.45, 2.75) is 6.92 Å². The summed E-state index contributed by atoms with van der Waals surface area (Å²) in [5, 5.41) is 5.81. The van der Waals surface area contributed by atoms with Crippen LogP contribution in [0.25, 0.3) is 0 Å². The molecule has 3 rings (SSSR count). The summed E-state index contributed by atoms with van der Waals surface area (Å²) >= 11 is 1.55. The average Bonchev–Trinajstić information content (AvgIpc) is 3.00. The molecule has 0 aliphatic carbocycles. The lowest BCUT2D eigenvalue weighted by Gasteiger charge is -2.36. The summed E-state index contributed by atoms with van der Waals surface area (Å²) in [4.78, 5) is 16.4. The Morgan fingerprint density at radius 2 is 1.95 bits per heavy atom. The number of carbonyl (C=O) groups excluding carboxylic acids is 1. The molecule has 1 aromatic heterocycles. The Morgan fingerprint density at radius 3 is 2.62 bits per heavy atom. The smallest absolute Gasteiger partial charge is 0.322 e. The van der Waals surface area contributed by atoms with Crippen molar-refractivity contribution in [2.75, 3.05) is 36.4 Å². The normalized spacial score (nSPS) is 15.1. The van der Waals surface area contributed by atoms with Crippen LogP contribution >= 0.6 is 11.3 Å². The van der Waals surface area contributed by atoms with Crippen molar-refractivity contribution >= 4 is 28.1 Å². The van der Waals surface area contributed by atoms with E-state index in [0.29, 0.717) is 0 Å². The number of nitrogens with one attached hydrogen (secondary N) is 1. The van der Waals surface area contributed by atoms with E-state index in [1.807, 2.05) is 22.4 Å². The number of carbonyl (C=O) groups is 1. The molecule has 1 aliphatic rings. The van der Waals surface area contributed by atoms with Gasteiger partial charge in [-0.3, -0.25) is 5.32 Å². The molecule has 1 aromatic carbocycles. The molecule has 2 aromatic rings. The number of anilines is 2. The monoisotopic (exact) mass is 301 g/mol. The molecule has 4 nitrogen and oxygen atoms in total. The second-order valence-corrected chi connectivity index (χ2v) is 6.17. The van der Waals surface area contributed by atoms with Crippen molar-refractivity contribution in [3.8, 4) is 0 Å². The van der Waals surface area contributed by atoms with Gasteiger partial charge in [-0.25, -0.2) is 4.79 Å². The number of urea groups is 1. The lowest BCUT2D eigenvalue weighted by atomic mass is 10.2. The number of aryl methyl sites for hydroxylation is 1. The fourth-order valence-electron chi connectivity index (χ4n) is 2.53. The standard InChI is InChI=1S/C16H19N3OS/c1-13-4-2-5-14(12-13)18-7-9-19(10-8-18)16(20)17-15-6-3-11-21-15/h2-6,11-12H,7-10H2,1H3,(H,17,20). The topological polar surface area (TPSA) is 35.6 Å². The SMILES string of the molecule is Cc1cccc(N2CCN(C(=O)Nc3cccs3)CC2)c1. The van der Waals surface area contributed by atoms with Gasteiger partial charge in [-0.1, -0.05) is 12.1 Å². The minimum Gasteiger partial charge on any atom is -0.368 e. The predicted octanol–water partition coefficient (Wildman–Crippen LogP) is 3.41. The molecule has 2 amide bonds. The van der Waals surface area contributed by atoms with Crippen LogP contribution in [0.1, 0.15) is 5.56 Å². The zero-order valence-corrected chi connectivity index (χ0v) is 12.9. The molecule has 1 aliphatic heterocycles. The fourth-order valence-corrected chi connectivity index (χ4v) is 3.13. The molecule has 0 bridgehead atoms. The summed E-state index contributed by atoms with van der Waals surface area (Å²) in [7, 11) is 0. The maximum absolute atomic E-state index is 12.2. The van der Waals surface area contributed by atoms with Gasteiger partial charge in [0.15, 0.2) is 0 Å². The zero-order valence-electron chi connectivity index (χ0n) is 12.1. The number of amides is 2. The number of benzene rings is 1. The van der Waals surface area contributed by atoms with E-state index in [2.05, 4.69) is 41.4 Å². The first-order chi connectivity index (χ1) is 10.2. The maximum atomic E-state index is 12.2. The summed E-state index contributed by atoms with van der Waals surface area (Å²) in [5.74, 6) is 0. The van der Waals surface area contributed by atoms with E-state index < -0.39 is 0 Å². The van der Waals surface area contributed by atoms with Crippen LogP contribution in [0.3, 0.4) is 0 Å². The number of hydrogen-bond acceptors (Lipinski definition) is 3. The van der Waals surface area contributed by atoms with E-state index in [-0.39, 0.29) is 6.03 Å². The van der Waals surface area contributed by atoms with Crippen LogP contribution in [0.2, 0.25) is 0 Å². The summed E-state index contributed by atoms with van der Waals surface area (Å²) < 4.78 is 0. The molecule has 1 saturated heterocycles. The van der Waals surface area contributed by atoms with Crippen molar-refractivity contribution in [3.63, 3.8) is 0 Å². The predicted molar refractivity (Wildman–Crippen MR) is 88.3 cm³/mol. The molecular weight excluding hydrogens is 282 g/mol. The third-order valence-electron chi connectivity index (χ3n) is 3.68. The van der Waals surface area contributed by atoms with Crippen LogP contribution in [0.5, 0.6) is 0 Å². The first-order valence-corrected chi connectivity index (χ1v) is 8.01. The van der Waals surface area contributed by atoms with E-state index in [1.54, 1.807) is 11.3 Å². The van der Waals surface area contributed by atoms with E-state index in [9.17, 15) is 4.79 Å². The third-order valence-corrected chi connectivity index (χ3v) is 4.47. The second-order valence-electron chi connectivity index (χ2n) is 5.22. The van der Waals surface area contributed by atoms with E-state index >= 15 is 0 Å². The van der Waals surface area contributed by atoms with Gasteiger partial charge in [-0.15, -0.1) is 11.3 Å². The number of nitrogens with zero attached hydrogens (tertiary/aromatic N) is 2. The van der Waals surface area contributed by atoms with Gasteiger partial charge < -0.3 is 9.80 Å². The summed E-state index contributed by atoms with van der Waals surface area (Å²) in [6.07, 6.45) is 0. The molecule has 0 radical (unpaired) electrons. The summed E-state index contributed by atoms with van der Waals surface area (Å²) in [6.45, 7) is 5.37. The van der Waals surface area contributed by atoms with Crippen LogP contribution in [0.15, 0.2) is 41.8 Å². The lowest BCUT2D eigenvalue weighted by molar-refractivity contribution is 0.208. The van der Waals surface area contributed by atoms with E-state index in [1.165, 1.54) is 11.3 Å². The largest absolute Gasteiger partial charge is 0.368 e. The quantitative estimate of drug-likeness (QED) is 0.922. The van der Waals surface area contributed by atoms with Gasteiger partial charge >= 0.3 is 6.03 Å². The highest BCUT2D eigenvalue weighted by atomic mass is 32.1. The highest BCUT2D eigenvalue weighted by molar-refractivity contribution is 7.14. The first kappa shape index (κ1) is 13.9. The van der Waals surface area contributed by atoms with Crippen molar-refractivity contribution in [3.05, 3.63) is 47.3 Å². The second kappa shape index (κ2) is 6.18. The van der Waals surface area contributed by atoms with Crippen LogP contribution in [0.4, 0.5) is 15.5 Å². The molecule has 1 fully saturated rings. The molecule has 1 N–H and O–H groups in total. The van der Waals surface area contributed by atoms with Gasteiger partial charge in [0.2, 0.25) is 0 Å². The Labute approximate surface area is 129 Å². The zero-order chi connectivity index (χ0) is 14.7. The molecule has 0 saturated carbocycles. The Bertz CT molecular complexity index is 604. The number of piperazine rings is 1. The Hall–Kier alpha value is -2.01. The van der Waals surface area contributed by atoms with E-state index in [0.717, 1.165) is 31.2 Å². The molecule has 5 heteroatoms. The third kappa shape index (κ3) is 3.36. The molecule has 110 valence electrons. The number of hydrogen-bond donors (Lipinski definition) is 1. The highest BCUT2D eigenvalue weighted by Crippen LogP contribution is 2.19. The molecular formula is C16H19N3OS. The van der Waals surface area contributed by atoms with Crippen LogP contribution < -0.4 is 10.2 Å². The van der Waals surface area contributed by atoms with Crippen molar-refractivity contribution < 1.29 is 4.79 Å². The van der Waals surface area contributed by atoms with Gasteiger partial charge in [-0.05, 0) is 42.1 Å². The molecule has 0 spiro atoms. The van der Waals surface area contributed by atoms with Crippen LogP contribution in [-0.4, -0.2) is 37.1 Å². The van der Waals surface area contributed by atoms with Gasteiger partial charge in [0, 0.05) is 31.9 Å². The highest BCUT2D eigenvalue weighted by Gasteiger charge is 2.21. The van der Waals surface area contributed by atoms with Crippen LogP contribution in [0, 0.1) is 6.92 Å². The van der Waals surface area contributed by atoms with Gasteiger partial charge in [0.1, 0.15) is 0 Å². The molecule has 0 unspecified atom stereocenters. The summed E-state index contributed by atoms with van der Waals surface area (Å²) in [5.41, 5.74) is 2.51. The van der Waals surface area contributed by atoms with E-state index in [4.69, 9.17) is 0 Å². The number of rotatable bonds is 2.